The van der Waals surface area contributed by atoms with E-state index in [1.807, 2.05) is 18.2 Å². The van der Waals surface area contributed by atoms with E-state index >= 15 is 0 Å². The summed E-state index contributed by atoms with van der Waals surface area (Å²) in [5.74, 6) is -0.550. The normalized spacial score (nSPS) is 12.8. The molecule has 0 spiro atoms. The van der Waals surface area contributed by atoms with Crippen LogP contribution in [0.3, 0.4) is 0 Å². The average molecular weight is 447 g/mol. The van der Waals surface area contributed by atoms with E-state index in [0.29, 0.717) is 28.5 Å². The first-order valence-electron chi connectivity index (χ1n) is 9.33. The highest BCUT2D eigenvalue weighted by Gasteiger charge is 2.29. The van der Waals surface area contributed by atoms with E-state index in [1.165, 1.54) is 35.7 Å². The van der Waals surface area contributed by atoms with Crippen LogP contribution in [0, 0.1) is 5.95 Å². The van der Waals surface area contributed by atoms with Gasteiger partial charge in [0, 0.05) is 35.8 Å². The predicted octanol–water partition coefficient (Wildman–Crippen LogP) is 4.89. The number of anilines is 1. The van der Waals surface area contributed by atoms with Crippen molar-refractivity contribution in [1.29, 1.82) is 0 Å². The van der Waals surface area contributed by atoms with Crippen LogP contribution in [-0.4, -0.2) is 27.8 Å². The summed E-state index contributed by atoms with van der Waals surface area (Å²) in [4.78, 5) is 3.64. The van der Waals surface area contributed by atoms with Crippen molar-refractivity contribution in [2.24, 2.45) is 5.73 Å². The Kier molecular flexibility index (Phi) is 5.84. The zero-order valence-electron chi connectivity index (χ0n) is 16.0. The van der Waals surface area contributed by atoms with Crippen LogP contribution in [0.4, 0.5) is 22.7 Å². The van der Waals surface area contributed by atoms with Crippen LogP contribution >= 0.6 is 11.3 Å². The van der Waals surface area contributed by atoms with E-state index in [9.17, 15) is 17.6 Å². The largest absolute Gasteiger partial charge is 0.416 e. The number of benzene rings is 2. The fourth-order valence-electron chi connectivity index (χ4n) is 3.08. The van der Waals surface area contributed by atoms with Gasteiger partial charge in [0.1, 0.15) is 5.01 Å². The average Bonchev–Trinajstić information content (AvgIpc) is 3.20. The van der Waals surface area contributed by atoms with E-state index in [0.717, 1.165) is 28.6 Å². The molecule has 2 aromatic heterocycles. The maximum atomic E-state index is 13.4. The molecule has 0 unspecified atom stereocenters. The molecule has 0 aliphatic rings. The number of hydrogen-bond acceptors (Lipinski definition) is 6. The third-order valence-electron chi connectivity index (χ3n) is 4.65. The molecule has 1 atom stereocenters. The summed E-state index contributed by atoms with van der Waals surface area (Å²) < 4.78 is 51.3. The number of nitrogens with two attached hydrogens (primary N) is 1. The van der Waals surface area contributed by atoms with E-state index in [1.54, 1.807) is 0 Å². The SMILES string of the molecule is N[C@H](CNc1nnc(-c2ccc3cnc(F)cc3c2)s1)Cc1ccc(C(F)(F)F)cc1. The number of alkyl halides is 3. The molecule has 0 saturated heterocycles. The third-order valence-corrected chi connectivity index (χ3v) is 5.58. The predicted molar refractivity (Wildman–Crippen MR) is 112 cm³/mol. The summed E-state index contributed by atoms with van der Waals surface area (Å²) in [5.41, 5.74) is 6.94. The van der Waals surface area contributed by atoms with Crippen molar-refractivity contribution in [3.05, 3.63) is 71.8 Å². The standard InChI is InChI=1S/C21H17F4N5S/c22-18-9-15-8-13(3-4-14(15)10-27-18)19-29-30-20(31-19)28-11-17(26)7-12-1-5-16(6-2-12)21(23,24)25/h1-6,8-10,17H,7,11,26H2,(H,28,30)/t17-/m0/s1. The maximum absolute atomic E-state index is 13.4. The lowest BCUT2D eigenvalue weighted by Crippen LogP contribution is -2.31. The van der Waals surface area contributed by atoms with Crippen molar-refractivity contribution in [3.63, 3.8) is 0 Å². The van der Waals surface area contributed by atoms with Gasteiger partial charge >= 0.3 is 6.18 Å². The molecule has 5 nitrogen and oxygen atoms in total. The van der Waals surface area contributed by atoms with E-state index in [4.69, 9.17) is 5.73 Å². The van der Waals surface area contributed by atoms with Gasteiger partial charge in [-0.15, -0.1) is 10.2 Å². The topological polar surface area (TPSA) is 76.7 Å². The summed E-state index contributed by atoms with van der Waals surface area (Å²) in [6, 6.07) is 11.5. The number of nitrogens with one attached hydrogen (secondary N) is 1. The Morgan fingerprint density at radius 2 is 1.77 bits per heavy atom. The lowest BCUT2D eigenvalue weighted by molar-refractivity contribution is -0.137. The van der Waals surface area contributed by atoms with Gasteiger partial charge in [0.2, 0.25) is 11.1 Å². The Hall–Kier alpha value is -3.11. The van der Waals surface area contributed by atoms with E-state index < -0.39 is 17.7 Å². The number of nitrogens with zero attached hydrogens (tertiary/aromatic N) is 3. The Bertz CT molecular complexity index is 1190. The van der Waals surface area contributed by atoms with Crippen LogP contribution in [0.15, 0.2) is 54.7 Å². The van der Waals surface area contributed by atoms with Gasteiger partial charge in [0.15, 0.2) is 0 Å². The molecule has 2 heterocycles. The highest BCUT2D eigenvalue weighted by molar-refractivity contribution is 7.18. The Morgan fingerprint density at radius 1 is 1.00 bits per heavy atom. The van der Waals surface area contributed by atoms with Crippen molar-refractivity contribution in [3.8, 4) is 10.6 Å². The van der Waals surface area contributed by atoms with Crippen LogP contribution in [0.5, 0.6) is 0 Å². The number of halogens is 4. The lowest BCUT2D eigenvalue weighted by atomic mass is 10.0. The molecule has 0 radical (unpaired) electrons. The summed E-state index contributed by atoms with van der Waals surface area (Å²) in [5, 5.41) is 14.1. The number of rotatable bonds is 6. The Labute approximate surface area is 179 Å². The van der Waals surface area contributed by atoms with Gasteiger partial charge in [0.05, 0.1) is 5.56 Å². The molecule has 160 valence electrons. The van der Waals surface area contributed by atoms with Crippen LogP contribution in [0.1, 0.15) is 11.1 Å². The highest BCUT2D eigenvalue weighted by Crippen LogP contribution is 2.30. The smallest absolute Gasteiger partial charge is 0.359 e. The van der Waals surface area contributed by atoms with Gasteiger partial charge < -0.3 is 11.1 Å². The fourth-order valence-corrected chi connectivity index (χ4v) is 3.83. The first-order valence-corrected chi connectivity index (χ1v) is 10.1. The van der Waals surface area contributed by atoms with Gasteiger partial charge in [-0.3, -0.25) is 0 Å². The molecular formula is C21H17F4N5S. The van der Waals surface area contributed by atoms with Gasteiger partial charge in [-0.25, -0.2) is 4.98 Å². The minimum atomic E-state index is -4.35. The third kappa shape index (κ3) is 5.15. The molecule has 0 amide bonds. The van der Waals surface area contributed by atoms with Gasteiger partial charge in [-0.2, -0.15) is 17.6 Å². The molecule has 31 heavy (non-hydrogen) atoms. The number of aromatic nitrogens is 3. The Morgan fingerprint density at radius 3 is 2.52 bits per heavy atom. The van der Waals surface area contributed by atoms with E-state index in [-0.39, 0.29) is 6.04 Å². The van der Waals surface area contributed by atoms with Crippen molar-refractivity contribution in [1.82, 2.24) is 15.2 Å². The zero-order valence-corrected chi connectivity index (χ0v) is 16.8. The molecule has 4 rings (SSSR count). The fraction of sp³-hybridized carbons (Fsp3) is 0.190. The minimum Gasteiger partial charge on any atom is -0.359 e. The van der Waals surface area contributed by atoms with Gasteiger partial charge in [-0.05, 0) is 35.6 Å². The number of pyridine rings is 1. The lowest BCUT2D eigenvalue weighted by Gasteiger charge is -2.13. The molecule has 0 fully saturated rings. The molecule has 0 aliphatic heterocycles. The first kappa shape index (κ1) is 21.1. The molecule has 0 bridgehead atoms. The molecule has 10 heteroatoms. The first-order chi connectivity index (χ1) is 14.8. The van der Waals surface area contributed by atoms with Gasteiger partial charge in [0.25, 0.3) is 0 Å². The second-order valence-corrected chi connectivity index (χ2v) is 8.00. The zero-order chi connectivity index (χ0) is 22.0. The molecule has 2 aromatic carbocycles. The maximum Gasteiger partial charge on any atom is 0.416 e. The van der Waals surface area contributed by atoms with Crippen LogP contribution in [0.25, 0.3) is 21.3 Å². The Balaban J connectivity index is 1.37. The quantitative estimate of drug-likeness (QED) is 0.325. The van der Waals surface area contributed by atoms with Gasteiger partial charge in [-0.1, -0.05) is 35.6 Å². The molecule has 3 N–H and O–H groups in total. The van der Waals surface area contributed by atoms with Crippen molar-refractivity contribution >= 4 is 27.2 Å². The molecule has 0 saturated carbocycles. The van der Waals surface area contributed by atoms with E-state index in [2.05, 4.69) is 20.5 Å². The second-order valence-electron chi connectivity index (χ2n) is 7.02. The molecular weight excluding hydrogens is 430 g/mol. The number of hydrogen-bond donors (Lipinski definition) is 2. The summed E-state index contributed by atoms with van der Waals surface area (Å²) in [7, 11) is 0. The highest BCUT2D eigenvalue weighted by atomic mass is 32.1. The van der Waals surface area contributed by atoms with Crippen LogP contribution < -0.4 is 11.1 Å². The second kappa shape index (κ2) is 8.56. The molecule has 0 aliphatic carbocycles. The van der Waals surface area contributed by atoms with Crippen LogP contribution in [-0.2, 0) is 12.6 Å². The van der Waals surface area contributed by atoms with Crippen LogP contribution in [0.2, 0.25) is 0 Å². The minimum absolute atomic E-state index is 0.319. The van der Waals surface area contributed by atoms with Crippen molar-refractivity contribution in [2.75, 3.05) is 11.9 Å². The summed E-state index contributed by atoms with van der Waals surface area (Å²) in [6.07, 6.45) is -2.46. The number of fused-ring (bicyclic) bond motifs is 1. The monoisotopic (exact) mass is 447 g/mol. The van der Waals surface area contributed by atoms with Crippen molar-refractivity contribution in [2.45, 2.75) is 18.6 Å². The van der Waals surface area contributed by atoms with Crippen molar-refractivity contribution < 1.29 is 17.6 Å². The molecule has 4 aromatic rings. The summed E-state index contributed by atoms with van der Waals surface area (Å²) in [6.45, 7) is 0.379. The summed E-state index contributed by atoms with van der Waals surface area (Å²) >= 11 is 1.33.